The van der Waals surface area contributed by atoms with Crippen molar-refractivity contribution in [1.82, 2.24) is 4.57 Å². The maximum absolute atomic E-state index is 8.74. The molecule has 0 atom stereocenters. The number of hydrogen-bond acceptors (Lipinski definition) is 3. The van der Waals surface area contributed by atoms with E-state index in [0.717, 1.165) is 65.3 Å². The van der Waals surface area contributed by atoms with E-state index in [1.807, 2.05) is 12.1 Å². The van der Waals surface area contributed by atoms with Gasteiger partial charge in [-0.25, -0.2) is 0 Å². The lowest BCUT2D eigenvalue weighted by Crippen LogP contribution is -2.02. The van der Waals surface area contributed by atoms with Crippen LogP contribution in [0, 0.1) is 11.3 Å². The van der Waals surface area contributed by atoms with Gasteiger partial charge in [-0.15, -0.1) is 12.4 Å². The molecule has 0 spiro atoms. The van der Waals surface area contributed by atoms with Crippen molar-refractivity contribution in [3.05, 3.63) is 72.4 Å². The van der Waals surface area contributed by atoms with Crippen LogP contribution in [0.25, 0.3) is 44.0 Å². The maximum atomic E-state index is 8.74. The molecule has 5 rings (SSSR count). The molecule has 33 heavy (non-hydrogen) atoms. The van der Waals surface area contributed by atoms with Crippen molar-refractivity contribution < 1.29 is 4.42 Å². The molecule has 0 aliphatic rings. The molecule has 5 aromatic rings. The molecular formula is C28H28ClN3O. The van der Waals surface area contributed by atoms with Crippen molar-refractivity contribution in [3.8, 4) is 17.2 Å². The normalized spacial score (nSPS) is 11.2. The molecule has 3 aromatic carbocycles. The number of aromatic nitrogens is 1. The fourth-order valence-corrected chi connectivity index (χ4v) is 4.72. The Labute approximate surface area is 200 Å². The quantitative estimate of drug-likeness (QED) is 0.250. The van der Waals surface area contributed by atoms with Gasteiger partial charge in [0, 0.05) is 46.4 Å². The molecule has 168 valence electrons. The Kier molecular flexibility index (Phi) is 7.03. The predicted octanol–water partition coefficient (Wildman–Crippen LogP) is 7.21. The second kappa shape index (κ2) is 10.1. The highest BCUT2D eigenvalue weighted by atomic mass is 35.5. The number of furan rings is 1. The number of nitriles is 1. The summed E-state index contributed by atoms with van der Waals surface area (Å²) in [7, 11) is 0. The molecule has 5 heteroatoms. The molecule has 2 aromatic heterocycles. The summed E-state index contributed by atoms with van der Waals surface area (Å²) in [6, 6.07) is 23.5. The van der Waals surface area contributed by atoms with Gasteiger partial charge in [0.1, 0.15) is 11.2 Å². The Balaban J connectivity index is 0.00000259. The molecule has 0 radical (unpaired) electrons. The largest absolute Gasteiger partial charge is 0.455 e. The van der Waals surface area contributed by atoms with Crippen LogP contribution in [-0.4, -0.2) is 11.1 Å². The van der Waals surface area contributed by atoms with E-state index in [1.165, 1.54) is 16.5 Å². The molecular weight excluding hydrogens is 430 g/mol. The zero-order valence-electron chi connectivity index (χ0n) is 18.6. The molecule has 2 N–H and O–H groups in total. The van der Waals surface area contributed by atoms with Gasteiger partial charge in [-0.2, -0.15) is 5.26 Å². The van der Waals surface area contributed by atoms with E-state index in [2.05, 4.69) is 65.4 Å². The van der Waals surface area contributed by atoms with Gasteiger partial charge in [0.25, 0.3) is 0 Å². The van der Waals surface area contributed by atoms with E-state index < -0.39 is 0 Å². The average molecular weight is 458 g/mol. The van der Waals surface area contributed by atoms with E-state index in [4.69, 9.17) is 15.4 Å². The molecule has 0 fully saturated rings. The minimum Gasteiger partial charge on any atom is -0.455 e. The number of hydrogen-bond donors (Lipinski definition) is 1. The van der Waals surface area contributed by atoms with Crippen LogP contribution in [0.3, 0.4) is 0 Å². The molecule has 0 saturated carbocycles. The Bertz CT molecular complexity index is 1440. The molecule has 0 aliphatic heterocycles. The van der Waals surface area contributed by atoms with Crippen LogP contribution in [-0.2, 0) is 13.0 Å². The molecule has 2 heterocycles. The number of halogens is 1. The summed E-state index contributed by atoms with van der Waals surface area (Å²) in [6.45, 7) is 1.59. The average Bonchev–Trinajstić information content (AvgIpc) is 3.37. The van der Waals surface area contributed by atoms with E-state index in [1.54, 1.807) is 0 Å². The van der Waals surface area contributed by atoms with Crippen molar-refractivity contribution >= 4 is 45.2 Å². The third kappa shape index (κ3) is 4.35. The predicted molar refractivity (Wildman–Crippen MR) is 139 cm³/mol. The zero-order valence-corrected chi connectivity index (χ0v) is 19.4. The fourth-order valence-electron chi connectivity index (χ4n) is 4.72. The lowest BCUT2D eigenvalue weighted by Gasteiger charge is -2.07. The third-order valence-corrected chi connectivity index (χ3v) is 6.28. The molecule has 0 unspecified atom stereocenters. The summed E-state index contributed by atoms with van der Waals surface area (Å²) in [5.41, 5.74) is 12.6. The minimum atomic E-state index is 0. The van der Waals surface area contributed by atoms with Gasteiger partial charge in [0.15, 0.2) is 0 Å². The highest BCUT2D eigenvalue weighted by Gasteiger charge is 2.14. The molecule has 0 bridgehead atoms. The van der Waals surface area contributed by atoms with Gasteiger partial charge in [-0.3, -0.25) is 0 Å². The number of rotatable bonds is 8. The van der Waals surface area contributed by atoms with Gasteiger partial charge in [0.2, 0.25) is 0 Å². The second-order valence-electron chi connectivity index (χ2n) is 8.37. The van der Waals surface area contributed by atoms with E-state index in [0.29, 0.717) is 13.0 Å². The van der Waals surface area contributed by atoms with Gasteiger partial charge < -0.3 is 14.7 Å². The molecule has 0 saturated heterocycles. The van der Waals surface area contributed by atoms with Gasteiger partial charge >= 0.3 is 0 Å². The SMILES string of the molecule is Cl.N#CCCCCCn1cc(CCN)c2cc(-c3cccc4c3oc3ccccc34)ccc21. The first kappa shape index (κ1) is 22.9. The summed E-state index contributed by atoms with van der Waals surface area (Å²) >= 11 is 0. The smallest absolute Gasteiger partial charge is 0.143 e. The zero-order chi connectivity index (χ0) is 21.9. The monoisotopic (exact) mass is 457 g/mol. The Morgan fingerprint density at radius 2 is 1.76 bits per heavy atom. The van der Waals surface area contributed by atoms with Gasteiger partial charge in [-0.05, 0) is 55.1 Å². The number of para-hydroxylation sites is 2. The number of benzene rings is 3. The first-order valence-electron chi connectivity index (χ1n) is 11.4. The highest BCUT2D eigenvalue weighted by Crippen LogP contribution is 2.37. The maximum Gasteiger partial charge on any atom is 0.143 e. The van der Waals surface area contributed by atoms with Crippen LogP contribution in [0.4, 0.5) is 0 Å². The Morgan fingerprint density at radius 3 is 2.61 bits per heavy atom. The number of aryl methyl sites for hydroxylation is 1. The van der Waals surface area contributed by atoms with Crippen LogP contribution in [0.2, 0.25) is 0 Å². The van der Waals surface area contributed by atoms with Crippen molar-refractivity contribution in [3.63, 3.8) is 0 Å². The summed E-state index contributed by atoms with van der Waals surface area (Å²) in [5.74, 6) is 0. The third-order valence-electron chi connectivity index (χ3n) is 6.28. The standard InChI is InChI=1S/C28H27N3O.ClH/c29-15-5-1-2-6-17-31-19-21(14-16-30)25-18-20(12-13-26(25)31)22-9-7-10-24-23-8-3-4-11-27(23)32-28(22)24;/h3-4,7-13,18-19H,1-2,5-6,14,16-17,30H2;1H. The van der Waals surface area contributed by atoms with Crippen LogP contribution < -0.4 is 5.73 Å². The lowest BCUT2D eigenvalue weighted by molar-refractivity contribution is 0.603. The topological polar surface area (TPSA) is 67.9 Å². The minimum absolute atomic E-state index is 0. The first-order chi connectivity index (χ1) is 15.8. The van der Waals surface area contributed by atoms with Crippen LogP contribution in [0.15, 0.2) is 71.3 Å². The van der Waals surface area contributed by atoms with Gasteiger partial charge in [-0.1, -0.05) is 48.9 Å². The number of unbranched alkanes of at least 4 members (excludes halogenated alkanes) is 3. The second-order valence-corrected chi connectivity index (χ2v) is 8.37. The van der Waals surface area contributed by atoms with E-state index in [-0.39, 0.29) is 12.4 Å². The van der Waals surface area contributed by atoms with Crippen LogP contribution >= 0.6 is 12.4 Å². The van der Waals surface area contributed by atoms with Crippen molar-refractivity contribution in [1.29, 1.82) is 5.26 Å². The van der Waals surface area contributed by atoms with Crippen LogP contribution in [0.5, 0.6) is 0 Å². The van der Waals surface area contributed by atoms with E-state index in [9.17, 15) is 0 Å². The summed E-state index contributed by atoms with van der Waals surface area (Å²) in [5, 5.41) is 12.3. The van der Waals surface area contributed by atoms with Crippen LogP contribution in [0.1, 0.15) is 31.2 Å². The summed E-state index contributed by atoms with van der Waals surface area (Å²) < 4.78 is 8.62. The summed E-state index contributed by atoms with van der Waals surface area (Å²) in [6.07, 6.45) is 6.88. The lowest BCUT2D eigenvalue weighted by atomic mass is 9.99. The first-order valence-corrected chi connectivity index (χ1v) is 11.4. The molecule has 0 amide bonds. The fraction of sp³-hybridized carbons (Fsp3) is 0.250. The Morgan fingerprint density at radius 1 is 0.909 bits per heavy atom. The summed E-state index contributed by atoms with van der Waals surface area (Å²) in [4.78, 5) is 0. The van der Waals surface area contributed by atoms with Gasteiger partial charge in [0.05, 0.1) is 6.07 Å². The highest BCUT2D eigenvalue weighted by molar-refractivity contribution is 6.10. The number of nitrogens with two attached hydrogens (primary N) is 1. The van der Waals surface area contributed by atoms with Crippen molar-refractivity contribution in [2.24, 2.45) is 5.73 Å². The molecule has 0 aliphatic carbocycles. The molecule has 4 nitrogen and oxygen atoms in total. The number of nitrogens with zero attached hydrogens (tertiary/aromatic N) is 2. The van der Waals surface area contributed by atoms with Crippen molar-refractivity contribution in [2.45, 2.75) is 38.6 Å². The number of fused-ring (bicyclic) bond motifs is 4. The van der Waals surface area contributed by atoms with Crippen molar-refractivity contribution in [2.75, 3.05) is 6.54 Å². The Hall–Kier alpha value is -3.26. The van der Waals surface area contributed by atoms with E-state index >= 15 is 0 Å².